The average Bonchev–Trinajstić information content (AvgIpc) is 2.08. The second-order valence-electron chi connectivity index (χ2n) is 6.34. The van der Waals surface area contributed by atoms with Gasteiger partial charge in [-0.2, -0.15) is 21.6 Å². The lowest BCUT2D eigenvalue weighted by Crippen LogP contribution is -2.55. The molecule has 8 heteroatoms. The molecular formula is C11H23F3O3SSi. The van der Waals surface area contributed by atoms with Crippen LogP contribution in [0.4, 0.5) is 13.2 Å². The summed E-state index contributed by atoms with van der Waals surface area (Å²) < 4.78 is 65.4. The van der Waals surface area contributed by atoms with Crippen LogP contribution in [0, 0.1) is 0 Å². The highest BCUT2D eigenvalue weighted by Gasteiger charge is 2.59. The predicted octanol–water partition coefficient (Wildman–Crippen LogP) is 4.42. The maximum atomic E-state index is 12.6. The predicted molar refractivity (Wildman–Crippen MR) is 71.7 cm³/mol. The normalized spacial score (nSPS) is 15.4. The maximum Gasteiger partial charge on any atom is 0.522 e. The van der Waals surface area contributed by atoms with Crippen LogP contribution >= 0.6 is 0 Å². The van der Waals surface area contributed by atoms with Crippen LogP contribution in [-0.4, -0.2) is 22.2 Å². The van der Waals surface area contributed by atoms with Gasteiger partial charge in [-0.1, -0.05) is 48.5 Å². The van der Waals surface area contributed by atoms with Gasteiger partial charge in [0.2, 0.25) is 8.32 Å². The van der Waals surface area contributed by atoms with Gasteiger partial charge in [0, 0.05) is 0 Å². The van der Waals surface area contributed by atoms with Crippen LogP contribution in [0.1, 0.15) is 48.5 Å². The van der Waals surface area contributed by atoms with E-state index >= 15 is 0 Å². The van der Waals surface area contributed by atoms with E-state index in [0.29, 0.717) is 0 Å². The first-order valence-electron chi connectivity index (χ1n) is 6.11. The fourth-order valence-corrected chi connectivity index (χ4v) is 12.1. The molecule has 0 bridgehead atoms. The van der Waals surface area contributed by atoms with Gasteiger partial charge in [-0.25, -0.2) is 0 Å². The Bertz CT molecular complexity index is 400. The summed E-state index contributed by atoms with van der Waals surface area (Å²) in [5.41, 5.74) is -5.89. The van der Waals surface area contributed by atoms with Crippen molar-refractivity contribution in [2.24, 2.45) is 0 Å². The molecule has 0 aromatic rings. The summed E-state index contributed by atoms with van der Waals surface area (Å²) in [4.78, 5) is 0. The summed E-state index contributed by atoms with van der Waals surface area (Å²) in [5.74, 6) is 0. The summed E-state index contributed by atoms with van der Waals surface area (Å²) in [5, 5.41) is -0.631. The number of hydrogen-bond donors (Lipinski definition) is 0. The third-order valence-corrected chi connectivity index (χ3v) is 11.7. The molecule has 3 nitrogen and oxygen atoms in total. The molecule has 0 saturated heterocycles. The summed E-state index contributed by atoms with van der Waals surface area (Å²) in [6.45, 7) is 12.1. The molecule has 0 aliphatic heterocycles. The molecule has 0 aliphatic carbocycles. The number of rotatable bonds is 4. The van der Waals surface area contributed by atoms with Gasteiger partial charge in [0.25, 0.3) is 0 Å². The Kier molecular flexibility index (Phi) is 5.34. The van der Waals surface area contributed by atoms with Gasteiger partial charge < -0.3 is 3.87 Å². The Balaban J connectivity index is 5.95. The zero-order chi connectivity index (χ0) is 15.9. The number of hydrogen-bond acceptors (Lipinski definition) is 3. The lowest BCUT2D eigenvalue weighted by molar-refractivity contribution is -0.0506. The third kappa shape index (κ3) is 3.52. The molecule has 0 radical (unpaired) electrons. The Morgan fingerprint density at radius 2 is 1.26 bits per heavy atom. The van der Waals surface area contributed by atoms with Crippen molar-refractivity contribution in [3.05, 3.63) is 0 Å². The van der Waals surface area contributed by atoms with Crippen LogP contribution in [0.3, 0.4) is 0 Å². The Hall–Kier alpha value is -0.0831. The SMILES string of the molecule is CC(C)[Si](OS(=O)(=O)C(F)(F)F)(C(C)C)C(C)(C)C. The van der Waals surface area contributed by atoms with Crippen LogP contribution in [0.15, 0.2) is 0 Å². The highest BCUT2D eigenvalue weighted by molar-refractivity contribution is 7.88. The van der Waals surface area contributed by atoms with E-state index in [1.807, 2.05) is 0 Å². The minimum Gasteiger partial charge on any atom is -0.307 e. The van der Waals surface area contributed by atoms with Gasteiger partial charge in [-0.15, -0.1) is 0 Å². The van der Waals surface area contributed by atoms with E-state index in [1.165, 1.54) is 0 Å². The fraction of sp³-hybridized carbons (Fsp3) is 1.00. The number of alkyl halides is 3. The second-order valence-corrected chi connectivity index (χ2v) is 13.8. The molecule has 0 amide bonds. The average molecular weight is 320 g/mol. The first-order valence-corrected chi connectivity index (χ1v) is 9.58. The van der Waals surface area contributed by atoms with Gasteiger partial charge >= 0.3 is 15.6 Å². The minimum atomic E-state index is -5.57. The summed E-state index contributed by atoms with van der Waals surface area (Å²) >= 11 is 0. The van der Waals surface area contributed by atoms with E-state index in [2.05, 4.69) is 0 Å². The smallest absolute Gasteiger partial charge is 0.307 e. The van der Waals surface area contributed by atoms with E-state index in [0.717, 1.165) is 0 Å². The van der Waals surface area contributed by atoms with Crippen molar-refractivity contribution in [2.75, 3.05) is 0 Å². The minimum absolute atomic E-state index is 0.260. The molecule has 19 heavy (non-hydrogen) atoms. The lowest BCUT2D eigenvalue weighted by atomic mass is 10.2. The van der Waals surface area contributed by atoms with E-state index < -0.39 is 29.0 Å². The fourth-order valence-electron chi connectivity index (χ4n) is 2.94. The summed E-state index contributed by atoms with van der Waals surface area (Å²) in [6, 6.07) is 0. The zero-order valence-corrected chi connectivity index (χ0v) is 14.2. The number of halogens is 3. The summed E-state index contributed by atoms with van der Waals surface area (Å²) in [7, 11) is -8.77. The summed E-state index contributed by atoms with van der Waals surface area (Å²) in [6.07, 6.45) is 0. The van der Waals surface area contributed by atoms with E-state index in [1.54, 1.807) is 48.5 Å². The van der Waals surface area contributed by atoms with Gasteiger partial charge in [0.15, 0.2) is 0 Å². The monoisotopic (exact) mass is 320 g/mol. The van der Waals surface area contributed by atoms with Gasteiger partial charge in [-0.05, 0) is 16.1 Å². The Morgan fingerprint density at radius 3 is 1.42 bits per heavy atom. The molecular weight excluding hydrogens is 297 g/mol. The van der Waals surface area contributed by atoms with E-state index in [4.69, 9.17) is 3.87 Å². The molecule has 0 N–H and O–H groups in total. The lowest BCUT2D eigenvalue weighted by Gasteiger charge is -2.47. The quantitative estimate of drug-likeness (QED) is 0.569. The molecule has 0 aromatic heterocycles. The second kappa shape index (κ2) is 5.36. The first-order chi connectivity index (χ1) is 8.09. The van der Waals surface area contributed by atoms with E-state index in [9.17, 15) is 21.6 Å². The Labute approximate surface area is 114 Å². The van der Waals surface area contributed by atoms with Crippen molar-refractivity contribution in [1.82, 2.24) is 0 Å². The largest absolute Gasteiger partial charge is 0.522 e. The molecule has 0 atom stereocenters. The maximum absolute atomic E-state index is 12.6. The zero-order valence-electron chi connectivity index (χ0n) is 12.4. The van der Waals surface area contributed by atoms with Crippen LogP contribution in [0.5, 0.6) is 0 Å². The van der Waals surface area contributed by atoms with Crippen molar-refractivity contribution in [2.45, 2.75) is 70.1 Å². The molecule has 116 valence electrons. The molecule has 0 unspecified atom stereocenters. The van der Waals surface area contributed by atoms with Gasteiger partial charge in [0.05, 0.1) is 0 Å². The van der Waals surface area contributed by atoms with E-state index in [-0.39, 0.29) is 11.1 Å². The van der Waals surface area contributed by atoms with Crippen LogP contribution < -0.4 is 0 Å². The third-order valence-electron chi connectivity index (χ3n) is 3.42. The topological polar surface area (TPSA) is 43.4 Å². The molecule has 0 spiro atoms. The standard InChI is InChI=1S/C11H23F3O3SSi/c1-8(2)19(9(3)4,10(5,6)7)17-18(15,16)11(12,13)14/h8-9H,1-7H3. The van der Waals surface area contributed by atoms with Crippen molar-refractivity contribution < 1.29 is 25.5 Å². The van der Waals surface area contributed by atoms with Crippen molar-refractivity contribution in [1.29, 1.82) is 0 Å². The molecule has 0 fully saturated rings. The van der Waals surface area contributed by atoms with Crippen molar-refractivity contribution >= 4 is 18.4 Å². The highest BCUT2D eigenvalue weighted by Crippen LogP contribution is 2.52. The van der Waals surface area contributed by atoms with Crippen LogP contribution in [0.25, 0.3) is 0 Å². The van der Waals surface area contributed by atoms with Crippen LogP contribution in [-0.2, 0) is 14.0 Å². The Morgan fingerprint density at radius 1 is 0.947 bits per heavy atom. The molecule has 0 aliphatic rings. The molecule has 0 aromatic carbocycles. The first kappa shape index (κ1) is 18.9. The molecule has 0 rings (SSSR count). The molecule has 0 heterocycles. The van der Waals surface area contributed by atoms with Crippen molar-refractivity contribution in [3.8, 4) is 0 Å². The van der Waals surface area contributed by atoms with Crippen LogP contribution in [0.2, 0.25) is 16.1 Å². The van der Waals surface area contributed by atoms with Gasteiger partial charge in [0.1, 0.15) is 0 Å². The van der Waals surface area contributed by atoms with Gasteiger partial charge in [-0.3, -0.25) is 0 Å². The highest BCUT2D eigenvalue weighted by atomic mass is 32.2. The van der Waals surface area contributed by atoms with Crippen molar-refractivity contribution in [3.63, 3.8) is 0 Å². The molecule has 0 saturated carbocycles.